The Kier molecular flexibility index (Phi) is 37.2. The lowest BCUT2D eigenvalue weighted by atomic mass is 9.93. The topological polar surface area (TPSA) is 55.8 Å². The average Bonchev–Trinajstić information content (AvgIpc) is 3.13. The highest BCUT2D eigenvalue weighted by atomic mass is 16.5. The molecule has 0 bridgehead atoms. The molecule has 0 aliphatic heterocycles. The van der Waals surface area contributed by atoms with Gasteiger partial charge in [0.15, 0.2) is 0 Å². The van der Waals surface area contributed by atoms with E-state index in [1.807, 2.05) is 6.08 Å². The molecule has 0 aliphatic rings. The van der Waals surface area contributed by atoms with E-state index >= 15 is 0 Å². The van der Waals surface area contributed by atoms with Crippen LogP contribution in [0.1, 0.15) is 207 Å². The Hall–Kier alpha value is -2.02. The molecule has 0 aromatic carbocycles. The smallest absolute Gasteiger partial charge is 0.305 e. The monoisotopic (exact) mass is 728 g/mol. The molecule has 302 valence electrons. The van der Waals surface area contributed by atoms with E-state index in [9.17, 15) is 9.59 Å². The number of nitrogens with zero attached hydrogens (tertiary/aromatic N) is 1. The van der Waals surface area contributed by atoms with Crippen LogP contribution in [-0.4, -0.2) is 50.2 Å². The molecule has 0 spiro atoms. The van der Waals surface area contributed by atoms with E-state index < -0.39 is 0 Å². The molecule has 0 aromatic heterocycles. The van der Waals surface area contributed by atoms with Crippen molar-refractivity contribution >= 4 is 11.9 Å². The highest BCUT2D eigenvalue weighted by molar-refractivity contribution is 5.69. The quantitative estimate of drug-likeness (QED) is 0.0360. The van der Waals surface area contributed by atoms with Gasteiger partial charge in [-0.1, -0.05) is 161 Å². The number of hydrogen-bond donors (Lipinski definition) is 0. The molecule has 5 nitrogen and oxygen atoms in total. The number of esters is 2. The SMILES string of the molecule is C=C=C=C=CC(CCCCC)CCOC(=O)CCCCCCCCCC(CCCCCCCCCC(=O)OCCC(C)CCCCC)CN(C)CC. The zero-order valence-corrected chi connectivity index (χ0v) is 35.2. The molecule has 0 aliphatic carbocycles. The summed E-state index contributed by atoms with van der Waals surface area (Å²) in [5.74, 6) is 1.77. The number of unbranched alkanes of at least 4 members (excludes halogenated alkanes) is 16. The Morgan fingerprint density at radius 3 is 1.58 bits per heavy atom. The molecule has 0 radical (unpaired) electrons. The van der Waals surface area contributed by atoms with Crippen LogP contribution < -0.4 is 0 Å². The van der Waals surface area contributed by atoms with Gasteiger partial charge in [-0.2, -0.15) is 0 Å². The predicted octanol–water partition coefficient (Wildman–Crippen LogP) is 13.5. The molecule has 0 amide bonds. The first-order chi connectivity index (χ1) is 25.4. The molecule has 3 atom stereocenters. The first-order valence-corrected chi connectivity index (χ1v) is 22.2. The fourth-order valence-corrected chi connectivity index (χ4v) is 6.98. The minimum atomic E-state index is -0.0523. The Balaban J connectivity index is 3.92. The zero-order chi connectivity index (χ0) is 38.3. The molecule has 0 aromatic rings. The summed E-state index contributed by atoms with van der Waals surface area (Å²) >= 11 is 0. The van der Waals surface area contributed by atoms with Gasteiger partial charge in [-0.05, 0) is 94.7 Å². The zero-order valence-electron chi connectivity index (χ0n) is 35.2. The third kappa shape index (κ3) is 35.0. The van der Waals surface area contributed by atoms with Crippen LogP contribution in [0, 0.1) is 17.8 Å². The summed E-state index contributed by atoms with van der Waals surface area (Å²) in [5, 5.41) is 0. The third-order valence-electron chi connectivity index (χ3n) is 10.7. The molecule has 0 N–H and O–H groups in total. The predicted molar refractivity (Wildman–Crippen MR) is 223 cm³/mol. The number of carbonyl (C=O) groups excluding carboxylic acids is 2. The van der Waals surface area contributed by atoms with Crippen molar-refractivity contribution in [1.82, 2.24) is 4.90 Å². The number of carbonyl (C=O) groups is 2. The molecule has 0 saturated heterocycles. The maximum absolute atomic E-state index is 12.2. The number of hydrogen-bond acceptors (Lipinski definition) is 5. The van der Waals surface area contributed by atoms with E-state index in [-0.39, 0.29) is 11.9 Å². The lowest BCUT2D eigenvalue weighted by Gasteiger charge is -2.23. The minimum absolute atomic E-state index is 0.00337. The summed E-state index contributed by atoms with van der Waals surface area (Å²) in [7, 11) is 2.26. The van der Waals surface area contributed by atoms with Gasteiger partial charge in [-0.15, -0.1) is 0 Å². The highest BCUT2D eigenvalue weighted by Gasteiger charge is 2.12. The van der Waals surface area contributed by atoms with Crippen LogP contribution in [0.4, 0.5) is 0 Å². The van der Waals surface area contributed by atoms with Crippen LogP contribution in [0.2, 0.25) is 0 Å². The molecule has 3 unspecified atom stereocenters. The van der Waals surface area contributed by atoms with Crippen LogP contribution in [0.15, 0.2) is 29.8 Å². The van der Waals surface area contributed by atoms with Gasteiger partial charge in [0.2, 0.25) is 0 Å². The van der Waals surface area contributed by atoms with Crippen LogP contribution in [0.25, 0.3) is 0 Å². The van der Waals surface area contributed by atoms with Gasteiger partial charge in [0.1, 0.15) is 0 Å². The van der Waals surface area contributed by atoms with Crippen molar-refractivity contribution in [2.24, 2.45) is 17.8 Å². The van der Waals surface area contributed by atoms with E-state index in [4.69, 9.17) is 9.47 Å². The van der Waals surface area contributed by atoms with Gasteiger partial charge >= 0.3 is 11.9 Å². The van der Waals surface area contributed by atoms with Crippen LogP contribution in [0.5, 0.6) is 0 Å². The fourth-order valence-electron chi connectivity index (χ4n) is 6.98. The van der Waals surface area contributed by atoms with E-state index in [0.717, 1.165) is 57.4 Å². The van der Waals surface area contributed by atoms with Gasteiger partial charge in [0.25, 0.3) is 0 Å². The molecular formula is C47H85NO4. The van der Waals surface area contributed by atoms with Crippen molar-refractivity contribution < 1.29 is 19.1 Å². The van der Waals surface area contributed by atoms with Gasteiger partial charge in [-0.3, -0.25) is 9.59 Å². The van der Waals surface area contributed by atoms with Crippen LogP contribution in [-0.2, 0) is 19.1 Å². The first kappa shape index (κ1) is 50.0. The highest BCUT2D eigenvalue weighted by Crippen LogP contribution is 2.21. The first-order valence-electron chi connectivity index (χ1n) is 22.2. The Morgan fingerprint density at radius 2 is 1.08 bits per heavy atom. The van der Waals surface area contributed by atoms with Crippen molar-refractivity contribution in [3.63, 3.8) is 0 Å². The molecule has 0 fully saturated rings. The van der Waals surface area contributed by atoms with Crippen LogP contribution in [0.3, 0.4) is 0 Å². The minimum Gasteiger partial charge on any atom is -0.466 e. The van der Waals surface area contributed by atoms with Crippen molar-refractivity contribution in [2.45, 2.75) is 207 Å². The average molecular weight is 728 g/mol. The number of ether oxygens (including phenoxy) is 2. The molecule has 0 rings (SSSR count). The Labute approximate surface area is 323 Å². The van der Waals surface area contributed by atoms with Crippen LogP contribution >= 0.6 is 0 Å². The van der Waals surface area contributed by atoms with Gasteiger partial charge in [-0.25, -0.2) is 0 Å². The van der Waals surface area contributed by atoms with Crippen molar-refractivity contribution in [1.29, 1.82) is 0 Å². The lowest BCUT2D eigenvalue weighted by molar-refractivity contribution is -0.145. The second-order valence-electron chi connectivity index (χ2n) is 15.7. The normalized spacial score (nSPS) is 12.8. The summed E-state index contributed by atoms with van der Waals surface area (Å²) < 4.78 is 11.0. The Bertz CT molecular complexity index is 943. The van der Waals surface area contributed by atoms with E-state index in [1.54, 1.807) is 0 Å². The molecule has 5 heteroatoms. The molecule has 0 heterocycles. The standard InChI is InChI=1S/C47H85NO4/c1-7-11-24-31-43(5)38-40-51-46(49)36-29-22-18-14-16-20-27-34-45(42-48(6)10-4)35-28-21-17-15-19-23-30-37-47(50)52-41-39-44(32-25-12-8-2)33-26-13-9-3/h32,43-45H,2,7,9-11,13-24,26-31,33-42H2,1,3-6H3. The van der Waals surface area contributed by atoms with Crippen molar-refractivity contribution in [2.75, 3.05) is 33.4 Å². The number of allylic oxidation sites excluding steroid dienone is 1. The summed E-state index contributed by atoms with van der Waals surface area (Å²) in [6.07, 6.45) is 34.7. The lowest BCUT2D eigenvalue weighted by Crippen LogP contribution is -2.25. The summed E-state index contributed by atoms with van der Waals surface area (Å²) in [6, 6.07) is 0. The van der Waals surface area contributed by atoms with Crippen molar-refractivity contribution in [3.05, 3.63) is 29.8 Å². The Morgan fingerprint density at radius 1 is 0.615 bits per heavy atom. The second-order valence-corrected chi connectivity index (χ2v) is 15.7. The van der Waals surface area contributed by atoms with E-state index in [0.29, 0.717) is 37.9 Å². The fraction of sp³-hybridized carbons (Fsp3) is 0.851. The van der Waals surface area contributed by atoms with E-state index in [2.05, 4.69) is 63.4 Å². The largest absolute Gasteiger partial charge is 0.466 e. The second kappa shape index (κ2) is 38.7. The third-order valence-corrected chi connectivity index (χ3v) is 10.7. The summed E-state index contributed by atoms with van der Waals surface area (Å²) in [6.45, 7) is 16.0. The van der Waals surface area contributed by atoms with Crippen molar-refractivity contribution in [3.8, 4) is 0 Å². The summed E-state index contributed by atoms with van der Waals surface area (Å²) in [5.41, 5.74) is 8.40. The van der Waals surface area contributed by atoms with E-state index in [1.165, 1.54) is 129 Å². The molecule has 52 heavy (non-hydrogen) atoms. The summed E-state index contributed by atoms with van der Waals surface area (Å²) in [4.78, 5) is 26.8. The maximum atomic E-state index is 12.2. The maximum Gasteiger partial charge on any atom is 0.305 e. The molecule has 0 saturated carbocycles. The van der Waals surface area contributed by atoms with Gasteiger partial charge < -0.3 is 14.4 Å². The molecular weight excluding hydrogens is 643 g/mol. The van der Waals surface area contributed by atoms with Gasteiger partial charge in [0.05, 0.1) is 13.2 Å². The van der Waals surface area contributed by atoms with Gasteiger partial charge in [0, 0.05) is 19.4 Å². The number of rotatable bonds is 38.